The van der Waals surface area contributed by atoms with Gasteiger partial charge in [0.25, 0.3) is 0 Å². The number of benzene rings is 1. The van der Waals surface area contributed by atoms with E-state index in [1.807, 2.05) is 0 Å². The van der Waals surface area contributed by atoms with E-state index in [-0.39, 0.29) is 11.9 Å². The number of nitro groups is 1. The van der Waals surface area contributed by atoms with E-state index < -0.39 is 16.4 Å². The third kappa shape index (κ3) is 2.11. The summed E-state index contributed by atoms with van der Waals surface area (Å²) in [7, 11) is 0. The lowest BCUT2D eigenvalue weighted by Crippen LogP contribution is -2.16. The van der Waals surface area contributed by atoms with Crippen LogP contribution in [0.25, 0.3) is 0 Å². The van der Waals surface area contributed by atoms with Gasteiger partial charge in [-0.15, -0.1) is 0 Å². The smallest absolute Gasteiger partial charge is 0.346 e. The van der Waals surface area contributed by atoms with Gasteiger partial charge in [0.2, 0.25) is 11.6 Å². The molecule has 1 unspecified atom stereocenters. The van der Waals surface area contributed by atoms with Crippen molar-refractivity contribution in [1.29, 1.82) is 0 Å². The summed E-state index contributed by atoms with van der Waals surface area (Å²) in [4.78, 5) is 9.89. The van der Waals surface area contributed by atoms with Gasteiger partial charge in [-0.2, -0.15) is 4.39 Å². The Morgan fingerprint density at radius 1 is 1.56 bits per heavy atom. The molecule has 0 saturated carbocycles. The molecule has 1 fully saturated rings. The first-order chi connectivity index (χ1) is 7.68. The SMILES string of the molecule is O=[N+]([O-])c1c(F)cccc1OC1CCOC1. The zero-order chi connectivity index (χ0) is 11.5. The van der Waals surface area contributed by atoms with E-state index in [0.29, 0.717) is 19.6 Å². The molecule has 1 atom stereocenters. The van der Waals surface area contributed by atoms with Crippen molar-refractivity contribution < 1.29 is 18.8 Å². The Kier molecular flexibility index (Phi) is 3.00. The molecule has 86 valence electrons. The third-order valence-electron chi connectivity index (χ3n) is 2.31. The van der Waals surface area contributed by atoms with E-state index in [1.54, 1.807) is 0 Å². The lowest BCUT2D eigenvalue weighted by Gasteiger charge is -2.11. The molecular formula is C10H10FNO4. The molecule has 1 saturated heterocycles. The highest BCUT2D eigenvalue weighted by Gasteiger charge is 2.25. The number of hydrogen-bond donors (Lipinski definition) is 0. The van der Waals surface area contributed by atoms with Crippen LogP contribution in [0.2, 0.25) is 0 Å². The molecule has 5 nitrogen and oxygen atoms in total. The van der Waals surface area contributed by atoms with Crippen LogP contribution < -0.4 is 4.74 Å². The largest absolute Gasteiger partial charge is 0.481 e. The van der Waals surface area contributed by atoms with Crippen molar-refractivity contribution >= 4 is 5.69 Å². The summed E-state index contributed by atoms with van der Waals surface area (Å²) in [6.07, 6.45) is 0.425. The highest BCUT2D eigenvalue weighted by molar-refractivity contribution is 5.47. The second kappa shape index (κ2) is 4.44. The summed E-state index contributed by atoms with van der Waals surface area (Å²) in [6.45, 7) is 0.946. The van der Waals surface area contributed by atoms with Gasteiger partial charge in [0.05, 0.1) is 18.1 Å². The summed E-state index contributed by atoms with van der Waals surface area (Å²) < 4.78 is 23.6. The number of halogens is 1. The van der Waals surface area contributed by atoms with Gasteiger partial charge in [-0.25, -0.2) is 0 Å². The van der Waals surface area contributed by atoms with E-state index in [4.69, 9.17) is 9.47 Å². The summed E-state index contributed by atoms with van der Waals surface area (Å²) in [5.74, 6) is -0.929. The van der Waals surface area contributed by atoms with Crippen LogP contribution in [0.5, 0.6) is 5.75 Å². The molecule has 1 aromatic rings. The first-order valence-corrected chi connectivity index (χ1v) is 4.86. The maximum atomic E-state index is 13.2. The van der Waals surface area contributed by atoms with E-state index in [9.17, 15) is 14.5 Å². The van der Waals surface area contributed by atoms with Crippen LogP contribution in [0.4, 0.5) is 10.1 Å². The Labute approximate surface area is 90.9 Å². The Hall–Kier alpha value is -1.69. The molecule has 1 aliphatic heterocycles. The molecule has 1 aromatic carbocycles. The van der Waals surface area contributed by atoms with Crippen molar-refractivity contribution in [2.24, 2.45) is 0 Å². The fraction of sp³-hybridized carbons (Fsp3) is 0.400. The maximum Gasteiger partial charge on any atom is 0.346 e. The van der Waals surface area contributed by atoms with Crippen LogP contribution in [0.3, 0.4) is 0 Å². The summed E-state index contributed by atoms with van der Waals surface area (Å²) >= 11 is 0. The Morgan fingerprint density at radius 3 is 3.00 bits per heavy atom. The molecule has 2 rings (SSSR count). The monoisotopic (exact) mass is 227 g/mol. The van der Waals surface area contributed by atoms with E-state index >= 15 is 0 Å². The number of hydrogen-bond acceptors (Lipinski definition) is 4. The summed E-state index contributed by atoms with van der Waals surface area (Å²) in [6, 6.07) is 3.81. The summed E-state index contributed by atoms with van der Waals surface area (Å²) in [5, 5.41) is 10.7. The topological polar surface area (TPSA) is 61.6 Å². The maximum absolute atomic E-state index is 13.2. The molecule has 1 aliphatic rings. The van der Waals surface area contributed by atoms with Gasteiger partial charge in [0.1, 0.15) is 6.10 Å². The molecule has 0 aromatic heterocycles. The quantitative estimate of drug-likeness (QED) is 0.584. The lowest BCUT2D eigenvalue weighted by molar-refractivity contribution is -0.388. The van der Waals surface area contributed by atoms with Gasteiger partial charge in [0, 0.05) is 6.42 Å². The predicted octanol–water partition coefficient (Wildman–Crippen LogP) is 1.90. The van der Waals surface area contributed by atoms with Gasteiger partial charge in [0.15, 0.2) is 0 Å². The Balaban J connectivity index is 2.25. The average Bonchev–Trinajstić information content (AvgIpc) is 2.70. The number of ether oxygens (including phenoxy) is 2. The van der Waals surface area contributed by atoms with Crippen LogP contribution in [-0.2, 0) is 4.74 Å². The average molecular weight is 227 g/mol. The van der Waals surface area contributed by atoms with Gasteiger partial charge >= 0.3 is 5.69 Å². The molecule has 0 bridgehead atoms. The highest BCUT2D eigenvalue weighted by Crippen LogP contribution is 2.31. The van der Waals surface area contributed by atoms with Crippen molar-refractivity contribution in [3.63, 3.8) is 0 Å². The normalized spacial score (nSPS) is 19.7. The van der Waals surface area contributed by atoms with Crippen LogP contribution in [0, 0.1) is 15.9 Å². The van der Waals surface area contributed by atoms with Crippen molar-refractivity contribution in [2.75, 3.05) is 13.2 Å². The zero-order valence-corrected chi connectivity index (χ0v) is 8.39. The number of para-hydroxylation sites is 1. The predicted molar refractivity (Wildman–Crippen MR) is 52.9 cm³/mol. The molecule has 0 amide bonds. The number of rotatable bonds is 3. The number of nitrogens with zero attached hydrogens (tertiary/aromatic N) is 1. The molecule has 0 aliphatic carbocycles. The number of nitro benzene ring substituents is 1. The van der Waals surface area contributed by atoms with Crippen molar-refractivity contribution in [3.05, 3.63) is 34.1 Å². The lowest BCUT2D eigenvalue weighted by atomic mass is 10.2. The fourth-order valence-electron chi connectivity index (χ4n) is 1.55. The molecule has 0 radical (unpaired) electrons. The Bertz CT molecular complexity index is 404. The minimum Gasteiger partial charge on any atom is -0.481 e. The van der Waals surface area contributed by atoms with Crippen molar-refractivity contribution in [1.82, 2.24) is 0 Å². The summed E-state index contributed by atoms with van der Waals surface area (Å²) in [5.41, 5.74) is -0.616. The fourth-order valence-corrected chi connectivity index (χ4v) is 1.55. The van der Waals surface area contributed by atoms with Gasteiger partial charge in [-0.1, -0.05) is 6.07 Å². The molecule has 0 spiro atoms. The Morgan fingerprint density at radius 2 is 2.38 bits per heavy atom. The van der Waals surface area contributed by atoms with Crippen LogP contribution >= 0.6 is 0 Å². The van der Waals surface area contributed by atoms with Crippen molar-refractivity contribution in [2.45, 2.75) is 12.5 Å². The second-order valence-electron chi connectivity index (χ2n) is 3.45. The zero-order valence-electron chi connectivity index (χ0n) is 8.39. The minimum atomic E-state index is -0.888. The molecule has 6 heteroatoms. The van der Waals surface area contributed by atoms with Crippen LogP contribution in [0.15, 0.2) is 18.2 Å². The minimum absolute atomic E-state index is 0.0412. The molecule has 0 N–H and O–H groups in total. The third-order valence-corrected chi connectivity index (χ3v) is 2.31. The van der Waals surface area contributed by atoms with Crippen LogP contribution in [0.1, 0.15) is 6.42 Å². The highest BCUT2D eigenvalue weighted by atomic mass is 19.1. The van der Waals surface area contributed by atoms with E-state index in [2.05, 4.69) is 0 Å². The standard InChI is InChI=1S/C10H10FNO4/c11-8-2-1-3-9(10(8)12(13)14)16-7-4-5-15-6-7/h1-3,7H,4-6H2. The van der Waals surface area contributed by atoms with Gasteiger partial charge in [-0.05, 0) is 12.1 Å². The molecular weight excluding hydrogens is 217 g/mol. The molecule has 16 heavy (non-hydrogen) atoms. The van der Waals surface area contributed by atoms with E-state index in [0.717, 1.165) is 6.07 Å². The van der Waals surface area contributed by atoms with Gasteiger partial charge < -0.3 is 9.47 Å². The van der Waals surface area contributed by atoms with Gasteiger partial charge in [-0.3, -0.25) is 10.1 Å². The second-order valence-corrected chi connectivity index (χ2v) is 3.45. The van der Waals surface area contributed by atoms with Crippen LogP contribution in [-0.4, -0.2) is 24.2 Å². The molecule has 1 heterocycles. The van der Waals surface area contributed by atoms with E-state index in [1.165, 1.54) is 12.1 Å². The first kappa shape index (κ1) is 10.8. The van der Waals surface area contributed by atoms with Crippen molar-refractivity contribution in [3.8, 4) is 5.75 Å². The first-order valence-electron chi connectivity index (χ1n) is 4.86.